The lowest BCUT2D eigenvalue weighted by atomic mass is 10.0. The van der Waals surface area contributed by atoms with Crippen LogP contribution in [0.15, 0.2) is 0 Å². The van der Waals surface area contributed by atoms with E-state index >= 15 is 0 Å². The van der Waals surface area contributed by atoms with E-state index < -0.39 is 12.0 Å². The van der Waals surface area contributed by atoms with Crippen LogP contribution < -0.4 is 5.32 Å². The van der Waals surface area contributed by atoms with Gasteiger partial charge in [-0.3, -0.25) is 4.79 Å². The molecule has 0 aliphatic carbocycles. The van der Waals surface area contributed by atoms with Crippen molar-refractivity contribution >= 4 is 11.9 Å². The van der Waals surface area contributed by atoms with Crippen molar-refractivity contribution in [3.05, 3.63) is 0 Å². The number of rotatable bonds is 9. The summed E-state index contributed by atoms with van der Waals surface area (Å²) in [4.78, 5) is 22.6. The highest BCUT2D eigenvalue weighted by molar-refractivity contribution is 5.83. The number of carboxylic acid groups (broad SMARTS) is 1. The van der Waals surface area contributed by atoms with E-state index in [2.05, 4.69) is 19.2 Å². The summed E-state index contributed by atoms with van der Waals surface area (Å²) in [5.41, 5.74) is 0. The Bertz CT molecular complexity index is 262. The fourth-order valence-corrected chi connectivity index (χ4v) is 1.78. The summed E-state index contributed by atoms with van der Waals surface area (Å²) in [7, 11) is 0. The van der Waals surface area contributed by atoms with Gasteiger partial charge in [-0.2, -0.15) is 0 Å². The van der Waals surface area contributed by atoms with Gasteiger partial charge in [0, 0.05) is 6.42 Å². The highest BCUT2D eigenvalue weighted by atomic mass is 16.4. The third kappa shape index (κ3) is 9.02. The lowest BCUT2D eigenvalue weighted by molar-refractivity contribution is -0.142. The number of carbonyl (C=O) groups is 2. The molecule has 0 heterocycles. The molecule has 0 radical (unpaired) electrons. The average molecular weight is 257 g/mol. The van der Waals surface area contributed by atoms with Crippen LogP contribution in [0.25, 0.3) is 0 Å². The van der Waals surface area contributed by atoms with E-state index in [1.807, 2.05) is 13.8 Å². The Kier molecular flexibility index (Phi) is 8.42. The average Bonchev–Trinajstić information content (AvgIpc) is 2.20. The van der Waals surface area contributed by atoms with E-state index in [0.717, 1.165) is 19.3 Å². The number of amides is 1. The van der Waals surface area contributed by atoms with Crippen molar-refractivity contribution in [1.29, 1.82) is 0 Å². The van der Waals surface area contributed by atoms with Crippen LogP contribution in [-0.4, -0.2) is 23.0 Å². The molecule has 0 fully saturated rings. The van der Waals surface area contributed by atoms with E-state index in [1.54, 1.807) is 0 Å². The highest BCUT2D eigenvalue weighted by Crippen LogP contribution is 2.10. The topological polar surface area (TPSA) is 66.4 Å². The molecule has 106 valence electrons. The third-order valence-electron chi connectivity index (χ3n) is 2.75. The van der Waals surface area contributed by atoms with Gasteiger partial charge in [-0.15, -0.1) is 0 Å². The summed E-state index contributed by atoms with van der Waals surface area (Å²) < 4.78 is 0. The minimum absolute atomic E-state index is 0.166. The molecule has 4 nitrogen and oxygen atoms in total. The van der Waals surface area contributed by atoms with Crippen molar-refractivity contribution < 1.29 is 14.7 Å². The van der Waals surface area contributed by atoms with E-state index in [9.17, 15) is 9.59 Å². The summed E-state index contributed by atoms with van der Waals surface area (Å²) in [6.45, 7) is 8.19. The molecule has 0 aliphatic rings. The van der Waals surface area contributed by atoms with Crippen molar-refractivity contribution in [2.75, 3.05) is 0 Å². The molecule has 0 spiro atoms. The fraction of sp³-hybridized carbons (Fsp3) is 0.857. The van der Waals surface area contributed by atoms with Crippen molar-refractivity contribution in [3.8, 4) is 0 Å². The molecule has 1 amide bonds. The first-order valence-electron chi connectivity index (χ1n) is 6.85. The maximum Gasteiger partial charge on any atom is 0.326 e. The number of aliphatic carboxylic acids is 1. The monoisotopic (exact) mass is 257 g/mol. The number of carbonyl (C=O) groups excluding carboxylic acids is 1. The van der Waals surface area contributed by atoms with Crippen LogP contribution >= 0.6 is 0 Å². The van der Waals surface area contributed by atoms with E-state index in [4.69, 9.17) is 5.11 Å². The Morgan fingerprint density at radius 1 is 1.00 bits per heavy atom. The summed E-state index contributed by atoms with van der Waals surface area (Å²) >= 11 is 0. The standard InChI is InChI=1S/C14H27NO3/c1-10(2)7-5-6-8-12(14(17)18)15-13(16)9-11(3)4/h10-12H,5-9H2,1-4H3,(H,15,16)(H,17,18)/t12-/m0/s1. The third-order valence-corrected chi connectivity index (χ3v) is 2.75. The zero-order chi connectivity index (χ0) is 14.1. The Morgan fingerprint density at radius 3 is 2.00 bits per heavy atom. The van der Waals surface area contributed by atoms with E-state index in [1.165, 1.54) is 0 Å². The lowest BCUT2D eigenvalue weighted by Crippen LogP contribution is -2.41. The molecule has 18 heavy (non-hydrogen) atoms. The van der Waals surface area contributed by atoms with Crippen LogP contribution in [0, 0.1) is 11.8 Å². The van der Waals surface area contributed by atoms with Crippen LogP contribution in [0.3, 0.4) is 0 Å². The van der Waals surface area contributed by atoms with Crippen LogP contribution in [0.2, 0.25) is 0 Å². The molecule has 0 aromatic rings. The van der Waals surface area contributed by atoms with Gasteiger partial charge in [0.05, 0.1) is 0 Å². The Labute approximate surface area is 110 Å². The van der Waals surface area contributed by atoms with Crippen LogP contribution in [0.1, 0.15) is 59.8 Å². The zero-order valence-corrected chi connectivity index (χ0v) is 12.0. The number of unbranched alkanes of at least 4 members (excludes halogenated alkanes) is 1. The molecule has 0 rings (SSSR count). The van der Waals surface area contributed by atoms with Crippen LogP contribution in [0.5, 0.6) is 0 Å². The molecule has 4 heteroatoms. The van der Waals surface area contributed by atoms with Gasteiger partial charge in [-0.05, 0) is 18.3 Å². The molecular formula is C14H27NO3. The minimum Gasteiger partial charge on any atom is -0.480 e. The van der Waals surface area contributed by atoms with Gasteiger partial charge in [0.1, 0.15) is 6.04 Å². The lowest BCUT2D eigenvalue weighted by Gasteiger charge is -2.15. The second-order valence-electron chi connectivity index (χ2n) is 5.73. The van der Waals surface area contributed by atoms with Gasteiger partial charge < -0.3 is 10.4 Å². The van der Waals surface area contributed by atoms with Gasteiger partial charge in [0.25, 0.3) is 0 Å². The number of nitrogens with one attached hydrogen (secondary N) is 1. The first-order valence-corrected chi connectivity index (χ1v) is 6.85. The second kappa shape index (κ2) is 8.95. The molecule has 0 aromatic heterocycles. The first kappa shape index (κ1) is 16.9. The van der Waals surface area contributed by atoms with Crippen molar-refractivity contribution in [2.24, 2.45) is 11.8 Å². The molecular weight excluding hydrogens is 230 g/mol. The largest absolute Gasteiger partial charge is 0.480 e. The molecule has 0 unspecified atom stereocenters. The second-order valence-corrected chi connectivity index (χ2v) is 5.73. The first-order chi connectivity index (χ1) is 8.32. The van der Waals surface area contributed by atoms with Crippen molar-refractivity contribution in [2.45, 2.75) is 65.8 Å². The molecule has 0 saturated carbocycles. The van der Waals surface area contributed by atoms with Gasteiger partial charge >= 0.3 is 5.97 Å². The Balaban J connectivity index is 4.00. The zero-order valence-electron chi connectivity index (χ0n) is 12.0. The van der Waals surface area contributed by atoms with Gasteiger partial charge in [0.2, 0.25) is 5.91 Å². The Morgan fingerprint density at radius 2 is 1.56 bits per heavy atom. The van der Waals surface area contributed by atoms with E-state index in [0.29, 0.717) is 18.8 Å². The fourth-order valence-electron chi connectivity index (χ4n) is 1.78. The van der Waals surface area contributed by atoms with Crippen molar-refractivity contribution in [1.82, 2.24) is 5.32 Å². The maximum atomic E-state index is 11.5. The van der Waals surface area contributed by atoms with Crippen LogP contribution in [-0.2, 0) is 9.59 Å². The summed E-state index contributed by atoms with van der Waals surface area (Å²) in [6.07, 6.45) is 3.87. The predicted octanol–water partition coefficient (Wildman–Crippen LogP) is 2.82. The summed E-state index contributed by atoms with van der Waals surface area (Å²) in [5, 5.41) is 11.6. The normalized spacial score (nSPS) is 12.8. The minimum atomic E-state index is -0.934. The summed E-state index contributed by atoms with van der Waals surface area (Å²) in [5.74, 6) is -0.206. The molecule has 0 aromatic carbocycles. The Hall–Kier alpha value is -1.06. The molecule has 1 atom stereocenters. The maximum absolute atomic E-state index is 11.5. The van der Waals surface area contributed by atoms with Gasteiger partial charge in [-0.1, -0.05) is 47.0 Å². The number of carboxylic acids is 1. The smallest absolute Gasteiger partial charge is 0.326 e. The van der Waals surface area contributed by atoms with Gasteiger partial charge in [-0.25, -0.2) is 4.79 Å². The molecule has 0 bridgehead atoms. The highest BCUT2D eigenvalue weighted by Gasteiger charge is 2.19. The van der Waals surface area contributed by atoms with Crippen molar-refractivity contribution in [3.63, 3.8) is 0 Å². The predicted molar refractivity (Wildman–Crippen MR) is 72.3 cm³/mol. The summed E-state index contributed by atoms with van der Waals surface area (Å²) in [6, 6.07) is -0.733. The SMILES string of the molecule is CC(C)CCCC[C@H](NC(=O)CC(C)C)C(=O)O. The van der Waals surface area contributed by atoms with Crippen LogP contribution in [0.4, 0.5) is 0 Å². The quantitative estimate of drug-likeness (QED) is 0.624. The number of hydrogen-bond donors (Lipinski definition) is 2. The molecule has 0 saturated heterocycles. The molecule has 2 N–H and O–H groups in total. The van der Waals surface area contributed by atoms with Gasteiger partial charge in [0.15, 0.2) is 0 Å². The number of hydrogen-bond acceptors (Lipinski definition) is 2. The molecule has 0 aliphatic heterocycles. The van der Waals surface area contributed by atoms with E-state index in [-0.39, 0.29) is 11.8 Å².